The lowest BCUT2D eigenvalue weighted by molar-refractivity contribution is -1.02. The molecule has 1 fully saturated rings. The number of carbonyl (C=O) groups excluding carboxylic acids is 2. The molecule has 1 aliphatic rings. The Kier molecular flexibility index (Phi) is 6.78. The molecule has 0 aromatic heterocycles. The van der Waals surface area contributed by atoms with Crippen LogP contribution in [0.15, 0.2) is 18.2 Å². The molecule has 0 aliphatic carbocycles. The Labute approximate surface area is 149 Å². The minimum absolute atomic E-state index is 0.224. The van der Waals surface area contributed by atoms with Crippen molar-refractivity contribution in [3.05, 3.63) is 29.3 Å². The molecule has 1 atom stereocenters. The first kappa shape index (κ1) is 19.2. The zero-order valence-electron chi connectivity index (χ0n) is 15.6. The highest BCUT2D eigenvalue weighted by Gasteiger charge is 2.31. The molecule has 0 bridgehead atoms. The van der Waals surface area contributed by atoms with Gasteiger partial charge in [0.25, 0.3) is 5.91 Å². The third-order valence-corrected chi connectivity index (χ3v) is 4.95. The van der Waals surface area contributed by atoms with E-state index < -0.39 is 6.03 Å². The summed E-state index contributed by atoms with van der Waals surface area (Å²) >= 11 is 0. The molecule has 138 valence electrons. The van der Waals surface area contributed by atoms with Gasteiger partial charge in [0.15, 0.2) is 6.04 Å². The Morgan fingerprint density at radius 2 is 1.92 bits per heavy atom. The number of imide groups is 1. The van der Waals surface area contributed by atoms with E-state index in [0.717, 1.165) is 38.5 Å². The smallest absolute Gasteiger partial charge is 0.321 e. The second-order valence-corrected chi connectivity index (χ2v) is 6.69. The topological polar surface area (TPSA) is 76.3 Å². The predicted octanol–water partition coefficient (Wildman–Crippen LogP) is -1.87. The number of piperazine rings is 1. The third kappa shape index (κ3) is 5.17. The molecule has 1 aliphatic heterocycles. The van der Waals surface area contributed by atoms with Crippen LogP contribution in [0, 0.1) is 6.92 Å². The van der Waals surface area contributed by atoms with Gasteiger partial charge >= 0.3 is 6.03 Å². The molecule has 2 rings (SSSR count). The van der Waals surface area contributed by atoms with Crippen LogP contribution in [0.2, 0.25) is 0 Å². The summed E-state index contributed by atoms with van der Waals surface area (Å²) in [6, 6.07) is 5.59. The number of amides is 3. The lowest BCUT2D eigenvalue weighted by Gasteiger charge is -2.32. The number of carbonyl (C=O) groups is 2. The average molecular weight is 350 g/mol. The molecule has 0 saturated carbocycles. The molecule has 1 aromatic carbocycles. The minimum atomic E-state index is -0.452. The van der Waals surface area contributed by atoms with Crippen LogP contribution < -0.4 is 25.2 Å². The van der Waals surface area contributed by atoms with Gasteiger partial charge in [-0.05, 0) is 26.0 Å². The van der Waals surface area contributed by atoms with E-state index in [4.69, 9.17) is 4.74 Å². The van der Waals surface area contributed by atoms with Gasteiger partial charge in [0.2, 0.25) is 0 Å². The van der Waals surface area contributed by atoms with Crippen molar-refractivity contribution >= 4 is 11.9 Å². The zero-order valence-corrected chi connectivity index (χ0v) is 15.6. The summed E-state index contributed by atoms with van der Waals surface area (Å²) < 4.78 is 5.47. The first-order valence-electron chi connectivity index (χ1n) is 8.78. The average Bonchev–Trinajstić information content (AvgIpc) is 2.61. The molecule has 1 aromatic rings. The van der Waals surface area contributed by atoms with Gasteiger partial charge in [-0.1, -0.05) is 11.6 Å². The summed E-state index contributed by atoms with van der Waals surface area (Å²) in [5.41, 5.74) is 2.46. The fourth-order valence-corrected chi connectivity index (χ4v) is 3.32. The molecule has 7 nitrogen and oxygen atoms in total. The number of quaternary nitrogens is 2. The highest BCUT2D eigenvalue weighted by atomic mass is 16.5. The summed E-state index contributed by atoms with van der Waals surface area (Å²) in [6.07, 6.45) is 0. The fourth-order valence-electron chi connectivity index (χ4n) is 3.32. The maximum Gasteiger partial charge on any atom is 0.321 e. The summed E-state index contributed by atoms with van der Waals surface area (Å²) in [6.45, 7) is 8.69. The SMILES string of the molecule is CNC(=O)NC(=O)[C@@H](C)[NH+]1CC[NH+](Cc2cc(C)ccc2OC)CC1. The van der Waals surface area contributed by atoms with Gasteiger partial charge in [0.05, 0.1) is 7.11 Å². The second-order valence-electron chi connectivity index (χ2n) is 6.69. The lowest BCUT2D eigenvalue weighted by Crippen LogP contribution is -3.29. The fraction of sp³-hybridized carbons (Fsp3) is 0.556. The standard InChI is InChI=1S/C18H28N4O3/c1-13-5-6-16(25-4)15(11-13)12-21-7-9-22(10-8-21)14(2)17(23)20-18(24)19-3/h5-6,11,14H,7-10,12H2,1-4H3,(H2,19,20,23,24)/p+2/t14-/m1/s1. The van der Waals surface area contributed by atoms with E-state index in [1.54, 1.807) is 7.11 Å². The number of aryl methyl sites for hydroxylation is 1. The van der Waals surface area contributed by atoms with E-state index in [-0.39, 0.29) is 11.9 Å². The molecule has 0 unspecified atom stereocenters. The van der Waals surface area contributed by atoms with Gasteiger partial charge in [0.1, 0.15) is 38.5 Å². The number of hydrogen-bond acceptors (Lipinski definition) is 3. The van der Waals surface area contributed by atoms with Crippen LogP contribution in [0.1, 0.15) is 18.1 Å². The molecule has 7 heteroatoms. The summed E-state index contributed by atoms with van der Waals surface area (Å²) in [4.78, 5) is 26.1. The predicted molar refractivity (Wildman–Crippen MR) is 94.9 cm³/mol. The number of methoxy groups -OCH3 is 1. The maximum atomic E-state index is 12.1. The largest absolute Gasteiger partial charge is 0.496 e. The van der Waals surface area contributed by atoms with Crippen molar-refractivity contribution in [3.8, 4) is 5.75 Å². The van der Waals surface area contributed by atoms with Gasteiger partial charge in [0, 0.05) is 12.6 Å². The summed E-state index contributed by atoms with van der Waals surface area (Å²) in [5.74, 6) is 0.712. The van der Waals surface area contributed by atoms with E-state index in [0.29, 0.717) is 0 Å². The number of ether oxygens (including phenoxy) is 1. The molecular formula is C18H30N4O3+2. The highest BCUT2D eigenvalue weighted by molar-refractivity contribution is 5.96. The van der Waals surface area contributed by atoms with Crippen LogP contribution in [0.3, 0.4) is 0 Å². The van der Waals surface area contributed by atoms with Gasteiger partial charge in [-0.2, -0.15) is 0 Å². The van der Waals surface area contributed by atoms with E-state index in [1.807, 2.05) is 13.0 Å². The Morgan fingerprint density at radius 1 is 1.24 bits per heavy atom. The molecule has 0 spiro atoms. The number of nitrogens with one attached hydrogen (secondary N) is 4. The Hall–Kier alpha value is -2.12. The normalized spacial score (nSPS) is 21.3. The van der Waals surface area contributed by atoms with E-state index in [9.17, 15) is 9.59 Å². The first-order chi connectivity index (χ1) is 11.9. The van der Waals surface area contributed by atoms with Crippen molar-refractivity contribution in [1.82, 2.24) is 10.6 Å². The van der Waals surface area contributed by atoms with Crippen molar-refractivity contribution in [2.45, 2.75) is 26.4 Å². The van der Waals surface area contributed by atoms with Gasteiger partial charge in [-0.3, -0.25) is 10.1 Å². The van der Waals surface area contributed by atoms with Crippen LogP contribution in [0.25, 0.3) is 0 Å². The molecule has 1 heterocycles. The molecule has 25 heavy (non-hydrogen) atoms. The minimum Gasteiger partial charge on any atom is -0.496 e. The number of rotatable bonds is 5. The summed E-state index contributed by atoms with van der Waals surface area (Å²) in [5, 5.41) is 4.77. The summed E-state index contributed by atoms with van der Waals surface area (Å²) in [7, 11) is 3.21. The van der Waals surface area contributed by atoms with Gasteiger partial charge in [-0.25, -0.2) is 4.79 Å². The van der Waals surface area contributed by atoms with Crippen molar-refractivity contribution in [3.63, 3.8) is 0 Å². The quantitative estimate of drug-likeness (QED) is 0.503. The van der Waals surface area contributed by atoms with Crippen molar-refractivity contribution in [2.75, 3.05) is 40.3 Å². The number of hydrogen-bond donors (Lipinski definition) is 4. The van der Waals surface area contributed by atoms with Crippen molar-refractivity contribution in [2.24, 2.45) is 0 Å². The Bertz CT molecular complexity index is 612. The first-order valence-corrected chi connectivity index (χ1v) is 8.78. The van der Waals surface area contributed by atoms with E-state index >= 15 is 0 Å². The Morgan fingerprint density at radius 3 is 2.52 bits per heavy atom. The van der Waals surface area contributed by atoms with Crippen LogP contribution in [-0.2, 0) is 11.3 Å². The molecule has 3 amide bonds. The second kappa shape index (κ2) is 8.82. The Balaban J connectivity index is 1.88. The van der Waals surface area contributed by atoms with E-state index in [2.05, 4.69) is 29.7 Å². The molecule has 4 N–H and O–H groups in total. The van der Waals surface area contributed by atoms with Crippen LogP contribution in [0.5, 0.6) is 5.75 Å². The van der Waals surface area contributed by atoms with Gasteiger partial charge < -0.3 is 19.9 Å². The maximum absolute atomic E-state index is 12.1. The molecule has 1 saturated heterocycles. The number of benzene rings is 1. The monoisotopic (exact) mass is 350 g/mol. The van der Waals surface area contributed by atoms with Crippen LogP contribution in [-0.4, -0.2) is 58.3 Å². The molecule has 0 radical (unpaired) electrons. The third-order valence-electron chi connectivity index (χ3n) is 4.95. The zero-order chi connectivity index (χ0) is 18.4. The van der Waals surface area contributed by atoms with Crippen LogP contribution >= 0.6 is 0 Å². The van der Waals surface area contributed by atoms with Crippen molar-refractivity contribution < 1.29 is 24.1 Å². The van der Waals surface area contributed by atoms with Crippen molar-refractivity contribution in [1.29, 1.82) is 0 Å². The lowest BCUT2D eigenvalue weighted by atomic mass is 10.1. The van der Waals surface area contributed by atoms with E-state index in [1.165, 1.54) is 28.0 Å². The highest BCUT2D eigenvalue weighted by Crippen LogP contribution is 2.18. The van der Waals surface area contributed by atoms with Crippen LogP contribution in [0.4, 0.5) is 4.79 Å². The molecular weight excluding hydrogens is 320 g/mol. The number of urea groups is 1. The van der Waals surface area contributed by atoms with Gasteiger partial charge in [-0.15, -0.1) is 0 Å².